The van der Waals surface area contributed by atoms with Crippen molar-refractivity contribution < 1.29 is 29.2 Å². The number of methoxy groups -OCH3 is 1. The maximum absolute atomic E-state index is 12.7. The number of nitro groups is 1. The van der Waals surface area contributed by atoms with Crippen LogP contribution in [0, 0.1) is 10.1 Å². The highest BCUT2D eigenvalue weighted by molar-refractivity contribution is 8.26. The molecule has 0 atom stereocenters. The van der Waals surface area contributed by atoms with Gasteiger partial charge in [-0.25, -0.2) is 4.79 Å². The van der Waals surface area contributed by atoms with Gasteiger partial charge in [-0.3, -0.25) is 24.6 Å². The first-order valence-corrected chi connectivity index (χ1v) is 11.1. The zero-order valence-electron chi connectivity index (χ0n) is 17.8. The summed E-state index contributed by atoms with van der Waals surface area (Å²) >= 11 is 6.43. The summed E-state index contributed by atoms with van der Waals surface area (Å²) in [5.74, 6) is -1.51. The molecule has 0 radical (unpaired) electrons. The van der Waals surface area contributed by atoms with E-state index in [-0.39, 0.29) is 42.4 Å². The van der Waals surface area contributed by atoms with Crippen LogP contribution in [-0.4, -0.2) is 50.7 Å². The van der Waals surface area contributed by atoms with E-state index >= 15 is 0 Å². The Morgan fingerprint density at radius 1 is 1.26 bits per heavy atom. The molecule has 12 heteroatoms. The number of nitrogens with one attached hydrogen (secondary N) is 1. The van der Waals surface area contributed by atoms with Gasteiger partial charge in [-0.05, 0) is 36.3 Å². The minimum absolute atomic E-state index is 0.00717. The molecule has 1 heterocycles. The number of carbonyl (C=O) groups excluding carboxylic acids is 3. The summed E-state index contributed by atoms with van der Waals surface area (Å²) in [5, 5.41) is 23.1. The molecule has 0 aromatic heterocycles. The van der Waals surface area contributed by atoms with Gasteiger partial charge in [0.15, 0.2) is 0 Å². The van der Waals surface area contributed by atoms with Gasteiger partial charge < -0.3 is 15.2 Å². The molecule has 0 saturated carbocycles. The van der Waals surface area contributed by atoms with Crippen molar-refractivity contribution in [1.82, 2.24) is 4.90 Å². The number of rotatable bonds is 8. The van der Waals surface area contributed by atoms with Gasteiger partial charge in [-0.1, -0.05) is 36.1 Å². The molecule has 1 aliphatic heterocycles. The fraction of sp³-hybridized carbons (Fsp3) is 0.182. The third-order valence-corrected chi connectivity index (χ3v) is 6.13. The first-order valence-electron chi connectivity index (χ1n) is 9.90. The number of thioether (sulfide) groups is 1. The number of nitro benzene ring substituents is 1. The van der Waals surface area contributed by atoms with Crippen LogP contribution in [0.25, 0.3) is 6.08 Å². The Hall–Kier alpha value is -3.77. The van der Waals surface area contributed by atoms with Crippen molar-refractivity contribution in [2.45, 2.75) is 12.8 Å². The highest BCUT2D eigenvalue weighted by Crippen LogP contribution is 2.33. The van der Waals surface area contributed by atoms with Gasteiger partial charge in [0.1, 0.15) is 10.1 Å². The van der Waals surface area contributed by atoms with Crippen molar-refractivity contribution in [3.05, 3.63) is 68.6 Å². The van der Waals surface area contributed by atoms with Gasteiger partial charge in [-0.15, -0.1) is 0 Å². The van der Waals surface area contributed by atoms with Gasteiger partial charge in [0.2, 0.25) is 5.91 Å². The molecule has 34 heavy (non-hydrogen) atoms. The Bertz CT molecular complexity index is 1200. The standard InChI is InChI=1S/C22H19N3O7S2/c1-32-21(29)14-6-4-13(5-7-14)11-18-20(28)24(22(33)34-18)10-2-3-19(27)23-16-12-15(25(30)31)8-9-17(16)26/h4-9,11-12,26H,2-3,10H2,1H3,(H,23,27)/b18-11-. The molecule has 2 aromatic carbocycles. The summed E-state index contributed by atoms with van der Waals surface area (Å²) in [6, 6.07) is 9.88. The second kappa shape index (κ2) is 10.9. The number of phenolic OH excluding ortho intramolecular Hbond substituents is 1. The molecule has 2 N–H and O–H groups in total. The monoisotopic (exact) mass is 501 g/mol. The molecular formula is C22H19N3O7S2. The smallest absolute Gasteiger partial charge is 0.337 e. The number of esters is 1. The second-order valence-electron chi connectivity index (χ2n) is 7.06. The average Bonchev–Trinajstić information content (AvgIpc) is 3.07. The van der Waals surface area contributed by atoms with E-state index < -0.39 is 16.8 Å². The molecule has 1 saturated heterocycles. The lowest BCUT2D eigenvalue weighted by molar-refractivity contribution is -0.384. The summed E-state index contributed by atoms with van der Waals surface area (Å²) in [6.45, 7) is 0.206. The number of non-ortho nitro benzene ring substituents is 1. The van der Waals surface area contributed by atoms with Gasteiger partial charge in [0.25, 0.3) is 11.6 Å². The van der Waals surface area contributed by atoms with Crippen molar-refractivity contribution in [2.75, 3.05) is 19.0 Å². The maximum atomic E-state index is 12.7. The van der Waals surface area contributed by atoms with E-state index in [9.17, 15) is 29.6 Å². The normalized spacial score (nSPS) is 14.4. The number of phenols is 1. The van der Waals surface area contributed by atoms with Gasteiger partial charge in [-0.2, -0.15) is 0 Å². The van der Waals surface area contributed by atoms with Crippen LogP contribution in [0.2, 0.25) is 0 Å². The summed E-state index contributed by atoms with van der Waals surface area (Å²) in [6.07, 6.45) is 1.96. The number of carbonyl (C=O) groups is 3. The van der Waals surface area contributed by atoms with Crippen LogP contribution < -0.4 is 5.32 Å². The Balaban J connectivity index is 1.56. The van der Waals surface area contributed by atoms with Crippen molar-refractivity contribution >= 4 is 63.5 Å². The fourth-order valence-corrected chi connectivity index (χ4v) is 4.33. The lowest BCUT2D eigenvalue weighted by atomic mass is 10.1. The molecule has 3 rings (SSSR count). The van der Waals surface area contributed by atoms with Crippen LogP contribution in [0.4, 0.5) is 11.4 Å². The molecule has 176 valence electrons. The lowest BCUT2D eigenvalue weighted by Crippen LogP contribution is -2.29. The molecule has 10 nitrogen and oxygen atoms in total. The number of hydrogen-bond donors (Lipinski definition) is 2. The number of nitrogens with zero attached hydrogens (tertiary/aromatic N) is 2. The predicted molar refractivity (Wildman–Crippen MR) is 130 cm³/mol. The van der Waals surface area contributed by atoms with Gasteiger partial charge >= 0.3 is 5.97 Å². The van der Waals surface area contributed by atoms with Crippen LogP contribution in [0.15, 0.2) is 47.4 Å². The Kier molecular flexibility index (Phi) is 7.97. The first kappa shape index (κ1) is 24.9. The van der Waals surface area contributed by atoms with E-state index in [1.54, 1.807) is 30.3 Å². The van der Waals surface area contributed by atoms with E-state index in [0.29, 0.717) is 20.4 Å². The Morgan fingerprint density at radius 2 is 1.97 bits per heavy atom. The molecule has 0 unspecified atom stereocenters. The largest absolute Gasteiger partial charge is 0.506 e. The number of amides is 2. The summed E-state index contributed by atoms with van der Waals surface area (Å²) < 4.78 is 5.02. The van der Waals surface area contributed by atoms with E-state index in [4.69, 9.17) is 12.2 Å². The van der Waals surface area contributed by atoms with Crippen LogP contribution >= 0.6 is 24.0 Å². The van der Waals surface area contributed by atoms with Crippen molar-refractivity contribution in [1.29, 1.82) is 0 Å². The summed E-state index contributed by atoms with van der Waals surface area (Å²) in [5.41, 5.74) is 0.775. The van der Waals surface area contributed by atoms with Crippen molar-refractivity contribution in [3.63, 3.8) is 0 Å². The van der Waals surface area contributed by atoms with Crippen LogP contribution in [0.1, 0.15) is 28.8 Å². The number of ether oxygens (including phenoxy) is 1. The number of thiocarbonyl (C=S) groups is 1. The van der Waals surface area contributed by atoms with E-state index in [1.165, 1.54) is 12.0 Å². The van der Waals surface area contributed by atoms with E-state index in [2.05, 4.69) is 10.1 Å². The predicted octanol–water partition coefficient (Wildman–Crippen LogP) is 3.71. The third kappa shape index (κ3) is 5.97. The first-order chi connectivity index (χ1) is 16.2. The summed E-state index contributed by atoms with van der Waals surface area (Å²) in [4.78, 5) is 48.5. The Labute approximate surface area is 203 Å². The molecule has 0 spiro atoms. The molecule has 2 aromatic rings. The minimum atomic E-state index is -0.634. The van der Waals surface area contributed by atoms with E-state index in [0.717, 1.165) is 30.0 Å². The molecule has 1 aliphatic rings. The molecule has 0 bridgehead atoms. The summed E-state index contributed by atoms with van der Waals surface area (Å²) in [7, 11) is 1.29. The quantitative estimate of drug-likeness (QED) is 0.138. The SMILES string of the molecule is COC(=O)c1ccc(/C=C2\SC(=S)N(CCCC(=O)Nc3cc([N+](=O)[O-])ccc3O)C2=O)cc1. The highest BCUT2D eigenvalue weighted by atomic mass is 32.2. The Morgan fingerprint density at radius 3 is 2.62 bits per heavy atom. The van der Waals surface area contributed by atoms with Crippen LogP contribution in [0.5, 0.6) is 5.75 Å². The van der Waals surface area contributed by atoms with Gasteiger partial charge in [0.05, 0.1) is 28.2 Å². The number of anilines is 1. The highest BCUT2D eigenvalue weighted by Gasteiger charge is 2.31. The maximum Gasteiger partial charge on any atom is 0.337 e. The zero-order valence-corrected chi connectivity index (χ0v) is 19.5. The minimum Gasteiger partial charge on any atom is -0.506 e. The zero-order chi connectivity index (χ0) is 24.8. The number of hydrogen-bond acceptors (Lipinski definition) is 9. The molecule has 2 amide bonds. The molecule has 1 fully saturated rings. The molecular weight excluding hydrogens is 482 g/mol. The second-order valence-corrected chi connectivity index (χ2v) is 8.73. The van der Waals surface area contributed by atoms with Crippen LogP contribution in [0.3, 0.4) is 0 Å². The van der Waals surface area contributed by atoms with E-state index in [1.807, 2.05) is 0 Å². The topological polar surface area (TPSA) is 139 Å². The lowest BCUT2D eigenvalue weighted by Gasteiger charge is -2.14. The van der Waals surface area contributed by atoms with Crippen LogP contribution in [-0.2, 0) is 14.3 Å². The van der Waals surface area contributed by atoms with Crippen molar-refractivity contribution in [2.24, 2.45) is 0 Å². The number of benzene rings is 2. The third-order valence-electron chi connectivity index (χ3n) is 4.75. The number of aromatic hydroxyl groups is 1. The van der Waals surface area contributed by atoms with Crippen molar-refractivity contribution in [3.8, 4) is 5.75 Å². The average molecular weight is 502 g/mol. The molecule has 0 aliphatic carbocycles. The fourth-order valence-electron chi connectivity index (χ4n) is 3.03. The van der Waals surface area contributed by atoms with Gasteiger partial charge in [0, 0.05) is 25.1 Å².